The Morgan fingerprint density at radius 2 is 2.04 bits per heavy atom. The number of aryl methyl sites for hydroxylation is 1. The van der Waals surface area contributed by atoms with E-state index in [1.54, 1.807) is 11.1 Å². The van der Waals surface area contributed by atoms with Gasteiger partial charge < -0.3 is 0 Å². The number of pyridine rings is 1. The van der Waals surface area contributed by atoms with Crippen LogP contribution in [-0.4, -0.2) is 45.5 Å². The number of Topliss-reactive ketones (excluding diaryl/α,β-unsaturated/α-hetero) is 1. The van der Waals surface area contributed by atoms with Crippen molar-refractivity contribution in [3.63, 3.8) is 0 Å². The predicted molar refractivity (Wildman–Crippen MR) is 104 cm³/mol. The first-order valence-electron chi connectivity index (χ1n) is 9.91. The van der Waals surface area contributed by atoms with E-state index in [-0.39, 0.29) is 6.42 Å². The molecule has 6 heteroatoms. The van der Waals surface area contributed by atoms with Crippen LogP contribution in [0.25, 0.3) is 21.3 Å². The second-order valence-electron chi connectivity index (χ2n) is 6.62. The Morgan fingerprint density at radius 1 is 1.19 bits per heavy atom. The van der Waals surface area contributed by atoms with Gasteiger partial charge in [-0.3, -0.25) is 14.7 Å². The summed E-state index contributed by atoms with van der Waals surface area (Å²) in [5, 5.41) is 12.0. The number of carbonyl (C=O) groups excluding carboxylic acids is 1. The molecule has 0 atom stereocenters. The van der Waals surface area contributed by atoms with Gasteiger partial charge in [0.05, 0.1) is 15.7 Å². The Hall–Kier alpha value is -2.18. The fourth-order valence-electron chi connectivity index (χ4n) is 3.22. The number of hydrogen-bond donors (Lipinski definition) is 0. The lowest BCUT2D eigenvalue weighted by molar-refractivity contribution is -0.119. The summed E-state index contributed by atoms with van der Waals surface area (Å²) in [5.41, 5.74) is 1.56. The van der Waals surface area contributed by atoms with Crippen LogP contribution in [0.3, 0.4) is 0 Å². The fraction of sp³-hybridized carbons (Fsp3) is 0.400. The maximum absolute atomic E-state index is 12.7. The van der Waals surface area contributed by atoms with E-state index in [9.17, 15) is 4.79 Å². The molecule has 26 heavy (non-hydrogen) atoms. The fourth-order valence-corrected chi connectivity index (χ4v) is 3.90. The minimum absolute atomic E-state index is 0.0123. The van der Waals surface area contributed by atoms with E-state index in [4.69, 9.17) is 2.74 Å². The van der Waals surface area contributed by atoms with Crippen molar-refractivity contribution < 1.29 is 7.54 Å². The number of rotatable bonds is 5. The molecule has 1 fully saturated rings. The van der Waals surface area contributed by atoms with Gasteiger partial charge in [0.15, 0.2) is 5.78 Å². The lowest BCUT2D eigenvalue weighted by atomic mass is 10.1. The summed E-state index contributed by atoms with van der Waals surface area (Å²) in [6, 6.07) is 7.86. The first kappa shape index (κ1) is 14.9. The number of ketones is 1. The summed E-state index contributed by atoms with van der Waals surface area (Å²) in [5.74, 6) is -0.433. The molecule has 3 aromatic rings. The minimum Gasteiger partial charge on any atom is -0.298 e. The Labute approximate surface area is 159 Å². The zero-order valence-corrected chi connectivity index (χ0v) is 15.6. The Bertz CT molecular complexity index is 1010. The lowest BCUT2D eigenvalue weighted by Gasteiger charge is -2.25. The van der Waals surface area contributed by atoms with Crippen molar-refractivity contribution in [2.45, 2.75) is 32.6 Å². The highest BCUT2D eigenvalue weighted by atomic mass is 32.1. The molecule has 0 aliphatic carbocycles. The molecule has 0 unspecified atom stereocenters. The molecule has 134 valence electrons. The summed E-state index contributed by atoms with van der Waals surface area (Å²) in [4.78, 5) is 18.7. The maximum atomic E-state index is 12.7. The monoisotopic (exact) mass is 368 g/mol. The number of carbonyl (C=O) groups is 1. The van der Waals surface area contributed by atoms with Crippen LogP contribution in [0.5, 0.6) is 0 Å². The van der Waals surface area contributed by atoms with Crippen molar-refractivity contribution in [1.29, 1.82) is 0 Å². The molecule has 3 heterocycles. The number of nitrogens with zero attached hydrogens (tertiary/aromatic N) is 4. The highest BCUT2D eigenvalue weighted by molar-refractivity contribution is 7.14. The Kier molecular flexibility index (Phi) is 4.36. The third-order valence-electron chi connectivity index (χ3n) is 4.53. The van der Waals surface area contributed by atoms with Crippen LogP contribution in [0.4, 0.5) is 0 Å². The standard InChI is InChI=1S/C20H22N4OS/c1-14-22-23-20(26-14)15-5-6-16-12-21-18(10-17(16)9-15)11-19(25)13-24-7-3-2-4-8-24/h5-6,9-10,12H,2-4,7-8,11,13H2,1H3/i13D2. The molecule has 0 radical (unpaired) electrons. The van der Waals surface area contributed by atoms with E-state index >= 15 is 0 Å². The van der Waals surface area contributed by atoms with Crippen molar-refractivity contribution >= 4 is 27.9 Å². The topological polar surface area (TPSA) is 59.0 Å². The molecule has 0 saturated carbocycles. The van der Waals surface area contributed by atoms with Crippen LogP contribution in [0.2, 0.25) is 0 Å². The van der Waals surface area contributed by atoms with E-state index < -0.39 is 12.3 Å². The molecule has 2 aromatic heterocycles. The number of benzene rings is 1. The van der Waals surface area contributed by atoms with Crippen molar-refractivity contribution in [2.75, 3.05) is 19.6 Å². The van der Waals surface area contributed by atoms with Crippen molar-refractivity contribution in [1.82, 2.24) is 20.1 Å². The maximum Gasteiger partial charge on any atom is 0.152 e. The number of aromatic nitrogens is 3. The van der Waals surface area contributed by atoms with Crippen LogP contribution >= 0.6 is 11.3 Å². The lowest BCUT2D eigenvalue weighted by Crippen LogP contribution is -2.35. The molecule has 1 aliphatic rings. The summed E-state index contributed by atoms with van der Waals surface area (Å²) >= 11 is 1.54. The van der Waals surface area contributed by atoms with Gasteiger partial charge in [-0.2, -0.15) is 0 Å². The molecule has 4 rings (SSSR count). The van der Waals surface area contributed by atoms with E-state index in [2.05, 4.69) is 15.2 Å². The van der Waals surface area contributed by atoms with Crippen molar-refractivity contribution in [3.05, 3.63) is 41.2 Å². The Morgan fingerprint density at radius 3 is 2.81 bits per heavy atom. The minimum atomic E-state index is -1.94. The van der Waals surface area contributed by atoms with Crippen molar-refractivity contribution in [3.8, 4) is 10.6 Å². The zero-order valence-electron chi connectivity index (χ0n) is 16.7. The van der Waals surface area contributed by atoms with Gasteiger partial charge in [-0.25, -0.2) is 0 Å². The van der Waals surface area contributed by atoms with Crippen LogP contribution in [0, 0.1) is 6.92 Å². The third kappa shape index (κ3) is 3.97. The van der Waals surface area contributed by atoms with Crippen molar-refractivity contribution in [2.24, 2.45) is 0 Å². The average Bonchev–Trinajstić information content (AvgIpc) is 3.14. The first-order valence-corrected chi connectivity index (χ1v) is 9.73. The van der Waals surface area contributed by atoms with E-state index in [0.29, 0.717) is 18.8 Å². The molecular formula is C20H22N4OS. The van der Waals surface area contributed by atoms with Crippen LogP contribution in [0.15, 0.2) is 30.5 Å². The molecule has 0 spiro atoms. The second-order valence-corrected chi connectivity index (χ2v) is 7.80. The highest BCUT2D eigenvalue weighted by Crippen LogP contribution is 2.27. The normalized spacial score (nSPS) is 17.1. The molecular weight excluding hydrogens is 344 g/mol. The van der Waals surface area contributed by atoms with E-state index in [1.807, 2.05) is 31.2 Å². The van der Waals surface area contributed by atoms with Gasteiger partial charge in [0.2, 0.25) is 0 Å². The molecule has 1 aromatic carbocycles. The van der Waals surface area contributed by atoms with Crippen LogP contribution in [-0.2, 0) is 11.2 Å². The quantitative estimate of drug-likeness (QED) is 0.688. The van der Waals surface area contributed by atoms with Crippen LogP contribution in [0.1, 0.15) is 32.7 Å². The molecule has 0 amide bonds. The summed E-state index contributed by atoms with van der Waals surface area (Å²) < 4.78 is 16.6. The second kappa shape index (κ2) is 7.60. The van der Waals surface area contributed by atoms with Gasteiger partial charge in [0.25, 0.3) is 0 Å². The third-order valence-corrected chi connectivity index (χ3v) is 5.42. The predicted octanol–water partition coefficient (Wildman–Crippen LogP) is 3.66. The Balaban J connectivity index is 1.57. The highest BCUT2D eigenvalue weighted by Gasteiger charge is 2.15. The van der Waals surface area contributed by atoms with Gasteiger partial charge in [-0.15, -0.1) is 10.2 Å². The van der Waals surface area contributed by atoms with Crippen LogP contribution < -0.4 is 0 Å². The van der Waals surface area contributed by atoms with Gasteiger partial charge in [-0.05, 0) is 50.4 Å². The number of fused-ring (bicyclic) bond motifs is 1. The summed E-state index contributed by atoms with van der Waals surface area (Å²) in [7, 11) is 0. The molecule has 5 nitrogen and oxygen atoms in total. The smallest absolute Gasteiger partial charge is 0.152 e. The molecule has 0 bridgehead atoms. The number of hydrogen-bond acceptors (Lipinski definition) is 6. The van der Waals surface area contributed by atoms with E-state index in [0.717, 1.165) is 45.6 Å². The number of piperidine rings is 1. The summed E-state index contributed by atoms with van der Waals surface area (Å²) in [6.45, 7) is 1.25. The average molecular weight is 369 g/mol. The molecule has 0 N–H and O–H groups in total. The number of likely N-dealkylation sites (tertiary alicyclic amines) is 1. The van der Waals surface area contributed by atoms with Gasteiger partial charge in [0, 0.05) is 22.8 Å². The first-order chi connectivity index (χ1) is 13.4. The van der Waals surface area contributed by atoms with Gasteiger partial charge in [-0.1, -0.05) is 29.9 Å². The largest absolute Gasteiger partial charge is 0.298 e. The summed E-state index contributed by atoms with van der Waals surface area (Å²) in [6.07, 6.45) is 4.71. The SMILES string of the molecule is [2H]C([2H])(C(=O)Cc1cc2cc(-c3nnc(C)s3)ccc2cn1)N1CCCCC1. The van der Waals surface area contributed by atoms with Gasteiger partial charge >= 0.3 is 0 Å². The zero-order chi connectivity index (χ0) is 19.7. The molecule has 1 aliphatic heterocycles. The van der Waals surface area contributed by atoms with Gasteiger partial charge in [0.1, 0.15) is 10.0 Å². The van der Waals surface area contributed by atoms with E-state index in [1.165, 1.54) is 11.3 Å². The molecule has 1 saturated heterocycles.